The molecule has 0 bridgehead atoms. The molecule has 0 heterocycles. The monoisotopic (exact) mass is 464 g/mol. The first-order valence-corrected chi connectivity index (χ1v) is 10.7. The molecule has 2 N–H and O–H groups in total. The molecule has 0 aliphatic rings. The van der Waals surface area contributed by atoms with Gasteiger partial charge in [0.05, 0.1) is 25.6 Å². The molecule has 1 amide bonds. The van der Waals surface area contributed by atoms with Gasteiger partial charge in [-0.05, 0) is 30.3 Å². The van der Waals surface area contributed by atoms with Crippen LogP contribution in [0.15, 0.2) is 65.6 Å². The van der Waals surface area contributed by atoms with E-state index in [0.717, 1.165) is 12.1 Å². The Bertz CT molecular complexity index is 1220. The number of nitrogens with one attached hydrogen (secondary N) is 2. The van der Waals surface area contributed by atoms with Crippen molar-refractivity contribution in [2.24, 2.45) is 0 Å². The molecule has 0 saturated heterocycles. The fraction of sp³-hybridized carbons (Fsp3) is 0.0952. The highest BCUT2D eigenvalue weighted by atomic mass is 35.5. The van der Waals surface area contributed by atoms with Gasteiger partial charge in [-0.25, -0.2) is 12.8 Å². The van der Waals surface area contributed by atoms with Crippen molar-refractivity contribution in [1.82, 2.24) is 0 Å². The van der Waals surface area contributed by atoms with Gasteiger partial charge in [0.25, 0.3) is 15.9 Å². The zero-order valence-corrected chi connectivity index (χ0v) is 18.1. The van der Waals surface area contributed by atoms with Gasteiger partial charge < -0.3 is 14.8 Å². The summed E-state index contributed by atoms with van der Waals surface area (Å²) < 4.78 is 52.3. The first-order chi connectivity index (χ1) is 14.7. The smallest absolute Gasteiger partial charge is 0.264 e. The van der Waals surface area contributed by atoms with Crippen molar-refractivity contribution in [1.29, 1.82) is 0 Å². The van der Waals surface area contributed by atoms with Gasteiger partial charge in [-0.2, -0.15) is 0 Å². The predicted octanol–water partition coefficient (Wildman–Crippen LogP) is 4.55. The second-order valence-corrected chi connectivity index (χ2v) is 8.34. The standard InChI is InChI=1S/C21H18ClFN2O5S/c1-29-18-12-17(25-31(27,28)20-9-8-14(22)10-15(20)23)19(30-2)11-16(18)24-21(26)13-6-4-3-5-7-13/h3-12,25H,1-2H3,(H,24,26). The van der Waals surface area contributed by atoms with E-state index in [1.165, 1.54) is 32.4 Å². The van der Waals surface area contributed by atoms with Crippen LogP contribution in [0.25, 0.3) is 0 Å². The summed E-state index contributed by atoms with van der Waals surface area (Å²) in [6.07, 6.45) is 0. The van der Waals surface area contributed by atoms with Crippen LogP contribution < -0.4 is 19.5 Å². The maximum absolute atomic E-state index is 14.1. The van der Waals surface area contributed by atoms with E-state index in [4.69, 9.17) is 21.1 Å². The van der Waals surface area contributed by atoms with Crippen LogP contribution in [0.4, 0.5) is 15.8 Å². The van der Waals surface area contributed by atoms with Crippen molar-refractivity contribution in [2.45, 2.75) is 4.90 Å². The Labute approximate surface area is 183 Å². The second-order valence-electron chi connectivity index (χ2n) is 6.25. The molecule has 31 heavy (non-hydrogen) atoms. The third-order valence-electron chi connectivity index (χ3n) is 4.23. The number of sulfonamides is 1. The quantitative estimate of drug-likeness (QED) is 0.535. The van der Waals surface area contributed by atoms with Gasteiger partial charge >= 0.3 is 0 Å². The van der Waals surface area contributed by atoms with Crippen LogP contribution in [0.2, 0.25) is 5.02 Å². The number of methoxy groups -OCH3 is 2. The third-order valence-corrected chi connectivity index (χ3v) is 5.87. The van der Waals surface area contributed by atoms with Gasteiger partial charge in [0.1, 0.15) is 22.2 Å². The summed E-state index contributed by atoms with van der Waals surface area (Å²) >= 11 is 5.69. The first kappa shape index (κ1) is 22.4. The van der Waals surface area contributed by atoms with Crippen LogP contribution >= 0.6 is 11.6 Å². The highest BCUT2D eigenvalue weighted by Gasteiger charge is 2.23. The minimum absolute atomic E-state index is 0.00795. The molecule has 0 fully saturated rings. The normalized spacial score (nSPS) is 11.0. The summed E-state index contributed by atoms with van der Waals surface area (Å²) in [7, 11) is -1.62. The lowest BCUT2D eigenvalue weighted by atomic mass is 10.2. The Morgan fingerprint density at radius 1 is 0.935 bits per heavy atom. The molecular formula is C21H18ClFN2O5S. The van der Waals surface area contributed by atoms with Crippen molar-refractivity contribution in [3.8, 4) is 11.5 Å². The van der Waals surface area contributed by atoms with Crippen LogP contribution in [-0.2, 0) is 10.0 Å². The summed E-state index contributed by atoms with van der Waals surface area (Å²) in [5, 5.41) is 2.76. The molecule has 7 nitrogen and oxygen atoms in total. The van der Waals surface area contributed by atoms with Crippen LogP contribution in [0.3, 0.4) is 0 Å². The largest absolute Gasteiger partial charge is 0.494 e. The molecule has 0 atom stereocenters. The minimum Gasteiger partial charge on any atom is -0.494 e. The number of anilines is 2. The van der Waals surface area contributed by atoms with Crippen molar-refractivity contribution >= 4 is 38.9 Å². The van der Waals surface area contributed by atoms with E-state index in [9.17, 15) is 17.6 Å². The molecule has 0 aliphatic heterocycles. The van der Waals surface area contributed by atoms with Gasteiger partial charge in [0, 0.05) is 22.7 Å². The number of carbonyl (C=O) groups is 1. The molecule has 0 spiro atoms. The van der Waals surface area contributed by atoms with Crippen LogP contribution in [0.1, 0.15) is 10.4 Å². The van der Waals surface area contributed by atoms with Gasteiger partial charge in [-0.1, -0.05) is 29.8 Å². The Morgan fingerprint density at radius 2 is 1.55 bits per heavy atom. The van der Waals surface area contributed by atoms with Crippen molar-refractivity contribution in [3.05, 3.63) is 77.1 Å². The fourth-order valence-electron chi connectivity index (χ4n) is 2.75. The van der Waals surface area contributed by atoms with Crippen LogP contribution in [-0.4, -0.2) is 28.5 Å². The second kappa shape index (κ2) is 9.23. The SMILES string of the molecule is COc1cc(NS(=O)(=O)c2ccc(Cl)cc2F)c(OC)cc1NC(=O)c1ccccc1. The molecule has 0 unspecified atom stereocenters. The number of amides is 1. The zero-order valence-electron chi connectivity index (χ0n) is 16.5. The highest BCUT2D eigenvalue weighted by molar-refractivity contribution is 7.92. The molecule has 3 aromatic rings. The summed E-state index contributed by atoms with van der Waals surface area (Å²) in [6.45, 7) is 0. The molecule has 0 aliphatic carbocycles. The number of ether oxygens (including phenoxy) is 2. The van der Waals surface area contributed by atoms with E-state index in [1.54, 1.807) is 30.3 Å². The summed E-state index contributed by atoms with van der Waals surface area (Å²) in [4.78, 5) is 11.9. The lowest BCUT2D eigenvalue weighted by Crippen LogP contribution is -2.16. The highest BCUT2D eigenvalue weighted by Crippen LogP contribution is 2.38. The average molecular weight is 465 g/mol. The van der Waals surface area contributed by atoms with Crippen LogP contribution in [0.5, 0.6) is 11.5 Å². The summed E-state index contributed by atoms with van der Waals surface area (Å²) in [5.74, 6) is -1.14. The lowest BCUT2D eigenvalue weighted by molar-refractivity contribution is 0.102. The maximum Gasteiger partial charge on any atom is 0.264 e. The third kappa shape index (κ3) is 5.07. The van der Waals surface area contributed by atoms with Crippen molar-refractivity contribution in [2.75, 3.05) is 24.3 Å². The fourth-order valence-corrected chi connectivity index (χ4v) is 4.03. The summed E-state index contributed by atoms with van der Waals surface area (Å²) in [6, 6.07) is 14.4. The Morgan fingerprint density at radius 3 is 2.16 bits per heavy atom. The van der Waals surface area contributed by atoms with E-state index in [1.807, 2.05) is 0 Å². The minimum atomic E-state index is -4.30. The number of benzene rings is 3. The van der Waals surface area contributed by atoms with Gasteiger partial charge in [0.2, 0.25) is 0 Å². The number of rotatable bonds is 7. The molecular weight excluding hydrogens is 447 g/mol. The number of carbonyl (C=O) groups excluding carboxylic acids is 1. The molecule has 162 valence electrons. The first-order valence-electron chi connectivity index (χ1n) is 8.85. The van der Waals surface area contributed by atoms with E-state index in [0.29, 0.717) is 5.56 Å². The maximum atomic E-state index is 14.1. The van der Waals surface area contributed by atoms with Gasteiger partial charge in [-0.15, -0.1) is 0 Å². The van der Waals surface area contributed by atoms with E-state index in [2.05, 4.69) is 10.0 Å². The van der Waals surface area contributed by atoms with Gasteiger partial charge in [0.15, 0.2) is 0 Å². The zero-order chi connectivity index (χ0) is 22.6. The number of hydrogen-bond donors (Lipinski definition) is 2. The average Bonchev–Trinajstić information content (AvgIpc) is 2.74. The lowest BCUT2D eigenvalue weighted by Gasteiger charge is -2.17. The number of hydrogen-bond acceptors (Lipinski definition) is 5. The van der Waals surface area contributed by atoms with Crippen molar-refractivity contribution in [3.63, 3.8) is 0 Å². The Kier molecular flexibility index (Phi) is 6.67. The topological polar surface area (TPSA) is 93.7 Å². The molecule has 3 aromatic carbocycles. The Hall–Kier alpha value is -3.30. The van der Waals surface area contributed by atoms with Crippen LogP contribution in [0, 0.1) is 5.82 Å². The summed E-state index contributed by atoms with van der Waals surface area (Å²) in [5.41, 5.74) is 0.673. The predicted molar refractivity (Wildman–Crippen MR) is 116 cm³/mol. The van der Waals surface area contributed by atoms with E-state index in [-0.39, 0.29) is 27.9 Å². The molecule has 0 saturated carbocycles. The van der Waals surface area contributed by atoms with Crippen molar-refractivity contribution < 1.29 is 27.1 Å². The molecule has 3 rings (SSSR count). The van der Waals surface area contributed by atoms with E-state index < -0.39 is 26.6 Å². The van der Waals surface area contributed by atoms with E-state index >= 15 is 0 Å². The number of halogens is 2. The Balaban J connectivity index is 1.95. The molecule has 10 heteroatoms. The molecule has 0 radical (unpaired) electrons. The molecule has 0 aromatic heterocycles. The van der Waals surface area contributed by atoms with Gasteiger partial charge in [-0.3, -0.25) is 9.52 Å².